The van der Waals surface area contributed by atoms with Crippen molar-refractivity contribution in [2.24, 2.45) is 0 Å². The summed E-state index contributed by atoms with van der Waals surface area (Å²) in [6.45, 7) is 1.04. The van der Waals surface area contributed by atoms with Crippen LogP contribution in [0.4, 0.5) is 14.3 Å². The van der Waals surface area contributed by atoms with Crippen LogP contribution in [0, 0.1) is 5.82 Å². The maximum absolute atomic E-state index is 13.2. The molecule has 7 nitrogen and oxygen atoms in total. The first-order chi connectivity index (χ1) is 14.8. The first-order valence-corrected chi connectivity index (χ1v) is 10.4. The number of carbonyl (C=O) groups excluding carboxylic acids is 3. The summed E-state index contributed by atoms with van der Waals surface area (Å²) < 4.78 is 13.2. The van der Waals surface area contributed by atoms with Crippen molar-refractivity contribution in [2.45, 2.75) is 12.5 Å². The Morgan fingerprint density at radius 3 is 2.55 bits per heavy atom. The number of halogens is 2. The molecule has 1 aliphatic heterocycles. The highest BCUT2D eigenvalue weighted by atomic mass is 35.5. The number of amides is 4. The Kier molecular flexibility index (Phi) is 5.47. The van der Waals surface area contributed by atoms with Gasteiger partial charge in [-0.3, -0.25) is 14.5 Å². The third-order valence-corrected chi connectivity index (χ3v) is 5.90. The van der Waals surface area contributed by atoms with Crippen LogP contribution in [0.3, 0.4) is 0 Å². The molecule has 1 aromatic heterocycles. The molecule has 3 aromatic rings. The predicted octanol–water partition coefficient (Wildman–Crippen LogP) is 4.01. The minimum atomic E-state index is -1.38. The molecular weight excluding hydrogens is 443 g/mol. The minimum Gasteiger partial charge on any atom is -0.319 e. The van der Waals surface area contributed by atoms with Gasteiger partial charge in [-0.2, -0.15) is 0 Å². The van der Waals surface area contributed by atoms with E-state index in [0.29, 0.717) is 21.4 Å². The summed E-state index contributed by atoms with van der Waals surface area (Å²) in [5, 5.41) is 7.90. The van der Waals surface area contributed by atoms with Gasteiger partial charge in [0.15, 0.2) is 5.13 Å². The third kappa shape index (κ3) is 4.14. The van der Waals surface area contributed by atoms with Gasteiger partial charge in [-0.15, -0.1) is 11.3 Å². The summed E-state index contributed by atoms with van der Waals surface area (Å²) in [7, 11) is 0. The average Bonchev–Trinajstić information content (AvgIpc) is 3.28. The second kappa shape index (κ2) is 8.09. The summed E-state index contributed by atoms with van der Waals surface area (Å²) in [4.78, 5) is 42.9. The van der Waals surface area contributed by atoms with Gasteiger partial charge < -0.3 is 10.6 Å². The monoisotopic (exact) mass is 458 g/mol. The number of rotatable bonds is 5. The van der Waals surface area contributed by atoms with E-state index in [1.807, 2.05) is 12.1 Å². The Labute approximate surface area is 185 Å². The van der Waals surface area contributed by atoms with Crippen LogP contribution in [-0.2, 0) is 15.1 Å². The number of nitrogens with one attached hydrogen (secondary N) is 2. The second-order valence-corrected chi connectivity index (χ2v) is 8.34. The number of carbonyl (C=O) groups is 3. The Morgan fingerprint density at radius 2 is 1.87 bits per heavy atom. The second-order valence-electron chi connectivity index (χ2n) is 7.05. The molecule has 0 spiro atoms. The standard InChI is InChI=1S/C21H16ClFN4O3S/c1-21(13-4-8-15(23)9-5-13)18(29)27(20(30)26-21)10-17(28)25-19-24-16(11-31-19)12-2-6-14(22)7-3-12/h2-9,11H,10H2,1H3,(H,26,30)(H,24,25,28). The van der Waals surface area contributed by atoms with Crippen molar-refractivity contribution in [3.63, 3.8) is 0 Å². The lowest BCUT2D eigenvalue weighted by Gasteiger charge is -2.22. The van der Waals surface area contributed by atoms with Crippen LogP contribution in [0.25, 0.3) is 11.3 Å². The van der Waals surface area contributed by atoms with Gasteiger partial charge in [-0.25, -0.2) is 14.2 Å². The molecule has 4 rings (SSSR count). The number of urea groups is 1. The summed E-state index contributed by atoms with van der Waals surface area (Å²) in [5.41, 5.74) is 0.539. The van der Waals surface area contributed by atoms with Gasteiger partial charge in [-0.05, 0) is 36.8 Å². The largest absolute Gasteiger partial charge is 0.325 e. The summed E-state index contributed by atoms with van der Waals surface area (Å²) in [5.74, 6) is -1.62. The van der Waals surface area contributed by atoms with Crippen molar-refractivity contribution in [3.8, 4) is 11.3 Å². The highest BCUT2D eigenvalue weighted by Gasteiger charge is 2.49. The minimum absolute atomic E-state index is 0.336. The normalized spacial score (nSPS) is 18.2. The van der Waals surface area contributed by atoms with Gasteiger partial charge in [0, 0.05) is 16.0 Å². The molecular formula is C21H16ClFN4O3S. The number of thiazole rings is 1. The number of nitrogens with zero attached hydrogens (tertiary/aromatic N) is 2. The van der Waals surface area contributed by atoms with Gasteiger partial charge in [0.1, 0.15) is 17.9 Å². The summed E-state index contributed by atoms with van der Waals surface area (Å²) in [6.07, 6.45) is 0. The fraction of sp³-hybridized carbons (Fsp3) is 0.143. The van der Waals surface area contributed by atoms with Gasteiger partial charge in [0.05, 0.1) is 5.69 Å². The Bertz CT molecular complexity index is 1170. The molecule has 10 heteroatoms. The van der Waals surface area contributed by atoms with Gasteiger partial charge in [-0.1, -0.05) is 35.9 Å². The van der Waals surface area contributed by atoms with Gasteiger partial charge >= 0.3 is 6.03 Å². The van der Waals surface area contributed by atoms with Crippen molar-refractivity contribution < 1.29 is 18.8 Å². The van der Waals surface area contributed by atoms with E-state index in [9.17, 15) is 18.8 Å². The number of imide groups is 1. The zero-order valence-electron chi connectivity index (χ0n) is 16.2. The van der Waals surface area contributed by atoms with Crippen LogP contribution in [0.2, 0.25) is 5.02 Å². The maximum Gasteiger partial charge on any atom is 0.325 e. The van der Waals surface area contributed by atoms with Crippen LogP contribution in [0.1, 0.15) is 12.5 Å². The van der Waals surface area contributed by atoms with E-state index in [-0.39, 0.29) is 0 Å². The van der Waals surface area contributed by atoms with E-state index in [1.165, 1.54) is 42.5 Å². The summed E-state index contributed by atoms with van der Waals surface area (Å²) in [6, 6.07) is 11.7. The quantitative estimate of drug-likeness (QED) is 0.565. The van der Waals surface area contributed by atoms with E-state index in [1.54, 1.807) is 17.5 Å². The molecule has 1 aliphatic rings. The molecule has 2 aromatic carbocycles. The fourth-order valence-corrected chi connectivity index (χ4v) is 4.07. The van der Waals surface area contributed by atoms with Crippen LogP contribution in [-0.4, -0.2) is 34.3 Å². The zero-order chi connectivity index (χ0) is 22.2. The smallest absolute Gasteiger partial charge is 0.319 e. The molecule has 0 aliphatic carbocycles. The van der Waals surface area contributed by atoms with Crippen molar-refractivity contribution in [1.29, 1.82) is 0 Å². The highest BCUT2D eigenvalue weighted by Crippen LogP contribution is 2.29. The summed E-state index contributed by atoms with van der Waals surface area (Å²) >= 11 is 7.11. The first-order valence-electron chi connectivity index (χ1n) is 9.18. The van der Waals surface area contributed by atoms with E-state index >= 15 is 0 Å². The topological polar surface area (TPSA) is 91.4 Å². The van der Waals surface area contributed by atoms with Crippen molar-refractivity contribution >= 4 is 45.9 Å². The molecule has 1 atom stereocenters. The van der Waals surface area contributed by atoms with Crippen LogP contribution < -0.4 is 10.6 Å². The number of hydrogen-bond donors (Lipinski definition) is 2. The maximum atomic E-state index is 13.2. The molecule has 31 heavy (non-hydrogen) atoms. The van der Waals surface area contributed by atoms with Crippen LogP contribution in [0.5, 0.6) is 0 Å². The van der Waals surface area contributed by atoms with Gasteiger partial charge in [0.25, 0.3) is 5.91 Å². The average molecular weight is 459 g/mol. The number of benzene rings is 2. The van der Waals surface area contributed by atoms with E-state index in [2.05, 4.69) is 15.6 Å². The SMILES string of the molecule is CC1(c2ccc(F)cc2)NC(=O)N(CC(=O)Nc2nc(-c3ccc(Cl)cc3)cs2)C1=O. The number of hydrogen-bond acceptors (Lipinski definition) is 5. The highest BCUT2D eigenvalue weighted by molar-refractivity contribution is 7.14. The Balaban J connectivity index is 1.44. The van der Waals surface area contributed by atoms with Gasteiger partial charge in [0.2, 0.25) is 5.91 Å². The van der Waals surface area contributed by atoms with Crippen LogP contribution in [0.15, 0.2) is 53.9 Å². The molecule has 158 valence electrons. The lowest BCUT2D eigenvalue weighted by molar-refractivity contribution is -0.133. The van der Waals surface area contributed by atoms with E-state index < -0.39 is 35.7 Å². The number of anilines is 1. The Hall–Kier alpha value is -3.30. The molecule has 1 saturated heterocycles. The lowest BCUT2D eigenvalue weighted by Crippen LogP contribution is -2.42. The Morgan fingerprint density at radius 1 is 1.19 bits per heavy atom. The van der Waals surface area contributed by atoms with Crippen molar-refractivity contribution in [1.82, 2.24) is 15.2 Å². The molecule has 0 radical (unpaired) electrons. The molecule has 1 fully saturated rings. The van der Waals surface area contributed by atoms with Crippen molar-refractivity contribution in [3.05, 3.63) is 70.3 Å². The third-order valence-electron chi connectivity index (χ3n) is 4.89. The molecule has 4 amide bonds. The first kappa shape index (κ1) is 21.0. The van der Waals surface area contributed by atoms with E-state index in [0.717, 1.165) is 10.5 Å². The van der Waals surface area contributed by atoms with E-state index in [4.69, 9.17) is 11.6 Å². The molecule has 0 bridgehead atoms. The molecule has 2 N–H and O–H groups in total. The van der Waals surface area contributed by atoms with Crippen molar-refractivity contribution in [2.75, 3.05) is 11.9 Å². The van der Waals surface area contributed by atoms with Crippen LogP contribution >= 0.6 is 22.9 Å². The molecule has 0 saturated carbocycles. The predicted molar refractivity (Wildman–Crippen MR) is 115 cm³/mol. The molecule has 2 heterocycles. The lowest BCUT2D eigenvalue weighted by atomic mass is 9.92. The molecule has 1 unspecified atom stereocenters. The number of aromatic nitrogens is 1. The fourth-order valence-electron chi connectivity index (χ4n) is 3.21. The zero-order valence-corrected chi connectivity index (χ0v) is 17.8.